The molecule has 112 valence electrons. The van der Waals surface area contributed by atoms with Gasteiger partial charge in [-0.05, 0) is 30.9 Å². The van der Waals surface area contributed by atoms with Crippen LogP contribution in [0.4, 0.5) is 0 Å². The molecule has 1 aromatic carbocycles. The Morgan fingerprint density at radius 3 is 2.71 bits per heavy atom. The minimum Gasteiger partial charge on any atom is -0.346 e. The van der Waals surface area contributed by atoms with Crippen molar-refractivity contribution >= 4 is 28.3 Å². The molecule has 0 saturated heterocycles. The zero-order chi connectivity index (χ0) is 15.0. The number of Topliss-reactive ketones (excluding diaryl/α,β-unsaturated/α-hetero) is 1. The van der Waals surface area contributed by atoms with Crippen LogP contribution in [0.2, 0.25) is 5.02 Å². The Bertz CT molecular complexity index is 665. The van der Waals surface area contributed by atoms with Crippen molar-refractivity contribution in [3.63, 3.8) is 0 Å². The Morgan fingerprint density at radius 2 is 2.05 bits per heavy atom. The third-order valence-electron chi connectivity index (χ3n) is 4.56. The van der Waals surface area contributed by atoms with Gasteiger partial charge in [-0.1, -0.05) is 44.4 Å². The van der Waals surface area contributed by atoms with E-state index in [-0.39, 0.29) is 11.7 Å². The predicted molar refractivity (Wildman–Crippen MR) is 88.1 cm³/mol. The van der Waals surface area contributed by atoms with Crippen LogP contribution in [-0.4, -0.2) is 10.4 Å². The molecule has 0 aliphatic heterocycles. The van der Waals surface area contributed by atoms with Gasteiger partial charge in [0.25, 0.3) is 0 Å². The van der Waals surface area contributed by atoms with Crippen LogP contribution in [0.15, 0.2) is 24.4 Å². The van der Waals surface area contributed by atoms with E-state index in [1.807, 2.05) is 38.2 Å². The lowest BCUT2D eigenvalue weighted by Gasteiger charge is -2.11. The number of hydrogen-bond donors (Lipinski definition) is 0. The Morgan fingerprint density at radius 1 is 1.33 bits per heavy atom. The van der Waals surface area contributed by atoms with E-state index in [1.54, 1.807) is 0 Å². The van der Waals surface area contributed by atoms with Gasteiger partial charge in [-0.25, -0.2) is 0 Å². The Kier molecular flexibility index (Phi) is 4.08. The summed E-state index contributed by atoms with van der Waals surface area (Å²) < 4.78 is 2.24. The molecule has 1 aliphatic rings. The van der Waals surface area contributed by atoms with Gasteiger partial charge in [0.05, 0.1) is 5.52 Å². The first-order chi connectivity index (χ1) is 10.1. The molecule has 1 fully saturated rings. The van der Waals surface area contributed by atoms with Crippen molar-refractivity contribution < 1.29 is 4.79 Å². The van der Waals surface area contributed by atoms with E-state index >= 15 is 0 Å². The molecule has 0 bridgehead atoms. The average molecular weight is 304 g/mol. The van der Waals surface area contributed by atoms with Gasteiger partial charge in [0.1, 0.15) is 0 Å². The number of halogens is 1. The van der Waals surface area contributed by atoms with Crippen molar-refractivity contribution in [2.75, 3.05) is 0 Å². The second-order valence-corrected chi connectivity index (χ2v) is 6.96. The van der Waals surface area contributed by atoms with E-state index in [4.69, 9.17) is 11.6 Å². The summed E-state index contributed by atoms with van der Waals surface area (Å²) in [6, 6.07) is 5.85. The Labute approximate surface area is 131 Å². The molecular weight excluding hydrogens is 282 g/mol. The lowest BCUT2D eigenvalue weighted by atomic mass is 10.0. The van der Waals surface area contributed by atoms with Crippen LogP contribution in [-0.2, 0) is 6.54 Å². The molecule has 21 heavy (non-hydrogen) atoms. The van der Waals surface area contributed by atoms with Gasteiger partial charge >= 0.3 is 0 Å². The van der Waals surface area contributed by atoms with Crippen molar-refractivity contribution in [3.05, 3.63) is 35.0 Å². The quantitative estimate of drug-likeness (QED) is 0.700. The maximum atomic E-state index is 12.4. The van der Waals surface area contributed by atoms with Crippen molar-refractivity contribution in [3.8, 4) is 0 Å². The van der Waals surface area contributed by atoms with E-state index < -0.39 is 0 Å². The maximum absolute atomic E-state index is 12.4. The monoisotopic (exact) mass is 303 g/mol. The molecule has 0 spiro atoms. The largest absolute Gasteiger partial charge is 0.346 e. The number of carbonyl (C=O) groups is 1. The van der Waals surface area contributed by atoms with E-state index in [0.29, 0.717) is 0 Å². The number of ketones is 1. The summed E-state index contributed by atoms with van der Waals surface area (Å²) in [5.74, 6) is 0.972. The highest BCUT2D eigenvalue weighted by Crippen LogP contribution is 2.31. The fourth-order valence-corrected chi connectivity index (χ4v) is 3.56. The van der Waals surface area contributed by atoms with Crippen molar-refractivity contribution in [1.82, 2.24) is 4.57 Å². The molecule has 1 saturated carbocycles. The SMILES string of the molecule is CC(C)C(=O)c1cn(CC2CCCC2)c2cc(Cl)ccc12. The van der Waals surface area contributed by atoms with Crippen LogP contribution >= 0.6 is 11.6 Å². The number of rotatable bonds is 4. The second-order valence-electron chi connectivity index (χ2n) is 6.53. The third-order valence-corrected chi connectivity index (χ3v) is 4.80. The van der Waals surface area contributed by atoms with Crippen LogP contribution in [0, 0.1) is 11.8 Å². The molecule has 2 nitrogen and oxygen atoms in total. The minimum absolute atomic E-state index is 0.0196. The van der Waals surface area contributed by atoms with Gasteiger partial charge in [-0.15, -0.1) is 0 Å². The van der Waals surface area contributed by atoms with Crippen LogP contribution in [0.5, 0.6) is 0 Å². The second kappa shape index (κ2) is 5.84. The number of benzene rings is 1. The number of hydrogen-bond acceptors (Lipinski definition) is 1. The summed E-state index contributed by atoms with van der Waals surface area (Å²) in [7, 11) is 0. The molecule has 3 rings (SSSR count). The molecule has 0 unspecified atom stereocenters. The van der Waals surface area contributed by atoms with Gasteiger partial charge < -0.3 is 4.57 Å². The summed E-state index contributed by atoms with van der Waals surface area (Å²) in [6.07, 6.45) is 7.31. The highest BCUT2D eigenvalue weighted by molar-refractivity contribution is 6.31. The molecule has 0 N–H and O–H groups in total. The van der Waals surface area contributed by atoms with Crippen LogP contribution in [0.1, 0.15) is 49.9 Å². The standard InChI is InChI=1S/C18H22ClNO/c1-12(2)18(21)16-11-20(10-13-5-3-4-6-13)17-9-14(19)7-8-15(16)17/h7-9,11-13H,3-6,10H2,1-2H3. The Hall–Kier alpha value is -1.28. The summed E-state index contributed by atoms with van der Waals surface area (Å²) in [5, 5.41) is 1.77. The molecule has 3 heteroatoms. The zero-order valence-electron chi connectivity index (χ0n) is 12.7. The number of nitrogens with zero attached hydrogens (tertiary/aromatic N) is 1. The third kappa shape index (κ3) is 2.87. The van der Waals surface area contributed by atoms with E-state index in [1.165, 1.54) is 25.7 Å². The summed E-state index contributed by atoms with van der Waals surface area (Å²) in [5.41, 5.74) is 1.94. The van der Waals surface area contributed by atoms with E-state index in [9.17, 15) is 4.79 Å². The Balaban J connectivity index is 2.05. The van der Waals surface area contributed by atoms with Gasteiger partial charge in [0, 0.05) is 34.6 Å². The van der Waals surface area contributed by atoms with Crippen LogP contribution in [0.3, 0.4) is 0 Å². The lowest BCUT2D eigenvalue weighted by molar-refractivity contribution is 0.0941. The summed E-state index contributed by atoms with van der Waals surface area (Å²) in [4.78, 5) is 12.4. The highest BCUT2D eigenvalue weighted by atomic mass is 35.5. The summed E-state index contributed by atoms with van der Waals surface area (Å²) >= 11 is 6.16. The van der Waals surface area contributed by atoms with Crippen molar-refractivity contribution in [2.24, 2.45) is 11.8 Å². The molecule has 0 atom stereocenters. The fourth-order valence-electron chi connectivity index (χ4n) is 3.39. The number of aromatic nitrogens is 1. The van der Waals surface area contributed by atoms with Crippen molar-refractivity contribution in [2.45, 2.75) is 46.1 Å². The predicted octanol–water partition coefficient (Wildman–Crippen LogP) is 5.32. The fraction of sp³-hybridized carbons (Fsp3) is 0.500. The molecular formula is C18H22ClNO. The van der Waals surface area contributed by atoms with Gasteiger partial charge in [-0.2, -0.15) is 0 Å². The van der Waals surface area contributed by atoms with Crippen molar-refractivity contribution in [1.29, 1.82) is 0 Å². The highest BCUT2D eigenvalue weighted by Gasteiger charge is 2.21. The first-order valence-electron chi connectivity index (χ1n) is 7.89. The van der Waals surface area contributed by atoms with Gasteiger partial charge in [-0.3, -0.25) is 4.79 Å². The molecule has 1 aromatic heterocycles. The zero-order valence-corrected chi connectivity index (χ0v) is 13.5. The first-order valence-corrected chi connectivity index (χ1v) is 8.26. The topological polar surface area (TPSA) is 22.0 Å². The molecule has 0 amide bonds. The van der Waals surface area contributed by atoms with Crippen LogP contribution < -0.4 is 0 Å². The van der Waals surface area contributed by atoms with E-state index in [2.05, 4.69) is 4.57 Å². The minimum atomic E-state index is 0.0196. The van der Waals surface area contributed by atoms with Gasteiger partial charge in [0.2, 0.25) is 0 Å². The average Bonchev–Trinajstić information content (AvgIpc) is 3.07. The summed E-state index contributed by atoms with van der Waals surface area (Å²) in [6.45, 7) is 4.92. The van der Waals surface area contributed by atoms with Gasteiger partial charge in [0.15, 0.2) is 5.78 Å². The maximum Gasteiger partial charge on any atom is 0.167 e. The normalized spacial score (nSPS) is 16.2. The lowest BCUT2D eigenvalue weighted by Crippen LogP contribution is -2.08. The smallest absolute Gasteiger partial charge is 0.167 e. The number of fused-ring (bicyclic) bond motifs is 1. The molecule has 1 heterocycles. The number of carbonyl (C=O) groups excluding carboxylic acids is 1. The van der Waals surface area contributed by atoms with Crippen LogP contribution in [0.25, 0.3) is 10.9 Å². The molecule has 1 aliphatic carbocycles. The first kappa shape index (κ1) is 14.6. The molecule has 0 radical (unpaired) electrons. The van der Waals surface area contributed by atoms with E-state index in [0.717, 1.165) is 34.0 Å². The molecule has 2 aromatic rings.